The van der Waals surface area contributed by atoms with Gasteiger partial charge in [-0.25, -0.2) is 0 Å². The van der Waals surface area contributed by atoms with Crippen LogP contribution in [-0.4, -0.2) is 11.2 Å². The van der Waals surface area contributed by atoms with Crippen molar-refractivity contribution >= 4 is 11.0 Å². The molecule has 1 saturated carbocycles. The molecule has 1 aromatic carbocycles. The van der Waals surface area contributed by atoms with Gasteiger partial charge in [-0.1, -0.05) is 32.0 Å². The average Bonchev–Trinajstić information content (AvgIpc) is 2.77. The van der Waals surface area contributed by atoms with Crippen LogP contribution in [0.4, 0.5) is 0 Å². The third kappa shape index (κ3) is 1.44. The van der Waals surface area contributed by atoms with E-state index in [0.717, 1.165) is 29.6 Å². The second-order valence-electron chi connectivity index (χ2n) is 5.35. The summed E-state index contributed by atoms with van der Waals surface area (Å²) in [5.41, 5.74) is 0.927. The minimum absolute atomic E-state index is 0.0200. The average molecular weight is 230 g/mol. The molecule has 0 amide bonds. The Morgan fingerprint density at radius 1 is 1.41 bits per heavy atom. The van der Waals surface area contributed by atoms with E-state index in [9.17, 15) is 5.11 Å². The van der Waals surface area contributed by atoms with Crippen molar-refractivity contribution in [3.63, 3.8) is 0 Å². The molecule has 0 saturated heterocycles. The summed E-state index contributed by atoms with van der Waals surface area (Å²) >= 11 is 0. The van der Waals surface area contributed by atoms with Crippen LogP contribution >= 0.6 is 0 Å². The normalized spacial score (nSPS) is 32.6. The maximum Gasteiger partial charge on any atom is 0.134 e. The number of furan rings is 1. The van der Waals surface area contributed by atoms with E-state index in [1.807, 2.05) is 18.2 Å². The van der Waals surface area contributed by atoms with Gasteiger partial charge in [-0.15, -0.1) is 0 Å². The third-order valence-electron chi connectivity index (χ3n) is 4.57. The van der Waals surface area contributed by atoms with Crippen LogP contribution in [0.3, 0.4) is 0 Å². The van der Waals surface area contributed by atoms with Crippen molar-refractivity contribution in [3.8, 4) is 0 Å². The number of rotatable bonds is 2. The Kier molecular flexibility index (Phi) is 2.30. The predicted molar refractivity (Wildman–Crippen MR) is 68.0 cm³/mol. The van der Waals surface area contributed by atoms with Gasteiger partial charge in [0.05, 0.1) is 6.10 Å². The number of benzene rings is 1. The van der Waals surface area contributed by atoms with Crippen molar-refractivity contribution in [2.75, 3.05) is 0 Å². The summed E-state index contributed by atoms with van der Waals surface area (Å²) in [5, 5.41) is 11.1. The number of aliphatic hydroxyl groups excluding tert-OH is 1. The Hall–Kier alpha value is -1.28. The Morgan fingerprint density at radius 2 is 2.18 bits per heavy atom. The molecule has 90 valence electrons. The summed E-state index contributed by atoms with van der Waals surface area (Å²) in [6.45, 7) is 4.29. The van der Waals surface area contributed by atoms with Crippen molar-refractivity contribution in [2.24, 2.45) is 5.41 Å². The second kappa shape index (κ2) is 3.61. The van der Waals surface area contributed by atoms with Gasteiger partial charge < -0.3 is 9.52 Å². The molecule has 2 aromatic rings. The van der Waals surface area contributed by atoms with E-state index in [-0.39, 0.29) is 11.5 Å². The highest BCUT2D eigenvalue weighted by molar-refractivity contribution is 5.77. The molecule has 1 heterocycles. The van der Waals surface area contributed by atoms with E-state index in [0.29, 0.717) is 5.92 Å². The minimum Gasteiger partial charge on any atom is -0.461 e. The van der Waals surface area contributed by atoms with Gasteiger partial charge in [0.15, 0.2) is 0 Å². The van der Waals surface area contributed by atoms with E-state index in [2.05, 4.69) is 26.0 Å². The van der Waals surface area contributed by atoms with Crippen LogP contribution in [0.15, 0.2) is 34.7 Å². The monoisotopic (exact) mass is 230 g/mol. The number of para-hydroxylation sites is 1. The molecule has 1 aliphatic carbocycles. The molecule has 3 rings (SSSR count). The van der Waals surface area contributed by atoms with Gasteiger partial charge in [-0.05, 0) is 25.0 Å². The maximum absolute atomic E-state index is 9.93. The van der Waals surface area contributed by atoms with Crippen LogP contribution < -0.4 is 0 Å². The van der Waals surface area contributed by atoms with Crippen molar-refractivity contribution < 1.29 is 9.52 Å². The van der Waals surface area contributed by atoms with Gasteiger partial charge in [-0.2, -0.15) is 0 Å². The lowest BCUT2D eigenvalue weighted by Gasteiger charge is -2.50. The first-order chi connectivity index (χ1) is 8.15. The van der Waals surface area contributed by atoms with Crippen LogP contribution in [0.5, 0.6) is 0 Å². The van der Waals surface area contributed by atoms with Gasteiger partial charge in [0.2, 0.25) is 0 Å². The fraction of sp³-hybridized carbons (Fsp3) is 0.467. The van der Waals surface area contributed by atoms with E-state index < -0.39 is 0 Å². The molecule has 1 aliphatic rings. The topological polar surface area (TPSA) is 33.4 Å². The highest BCUT2D eigenvalue weighted by atomic mass is 16.3. The van der Waals surface area contributed by atoms with Crippen molar-refractivity contribution in [2.45, 2.75) is 38.7 Å². The maximum atomic E-state index is 9.93. The van der Waals surface area contributed by atoms with Crippen LogP contribution in [0.2, 0.25) is 0 Å². The molecule has 17 heavy (non-hydrogen) atoms. The second-order valence-corrected chi connectivity index (χ2v) is 5.35. The van der Waals surface area contributed by atoms with E-state index >= 15 is 0 Å². The Balaban J connectivity index is 2.00. The first-order valence-corrected chi connectivity index (χ1v) is 6.31. The summed E-state index contributed by atoms with van der Waals surface area (Å²) in [7, 11) is 0. The number of aliphatic hydroxyl groups is 1. The molecule has 3 atom stereocenters. The predicted octanol–water partition coefficient (Wildman–Crippen LogP) is 3.70. The summed E-state index contributed by atoms with van der Waals surface area (Å²) in [4.78, 5) is 0. The smallest absolute Gasteiger partial charge is 0.134 e. The molecule has 0 bridgehead atoms. The molecule has 2 heteroatoms. The Labute approximate surface area is 101 Å². The summed E-state index contributed by atoms with van der Waals surface area (Å²) in [6.07, 6.45) is 1.62. The quantitative estimate of drug-likeness (QED) is 0.853. The largest absolute Gasteiger partial charge is 0.461 e. The van der Waals surface area contributed by atoms with Gasteiger partial charge in [0.25, 0.3) is 0 Å². The minimum atomic E-state index is -0.189. The number of hydrogen-bond donors (Lipinski definition) is 1. The molecule has 2 nitrogen and oxygen atoms in total. The molecule has 0 radical (unpaired) electrons. The molecular weight excluding hydrogens is 212 g/mol. The van der Waals surface area contributed by atoms with Crippen molar-refractivity contribution in [1.82, 2.24) is 0 Å². The van der Waals surface area contributed by atoms with E-state index in [4.69, 9.17) is 4.42 Å². The molecule has 1 fully saturated rings. The molecule has 0 spiro atoms. The van der Waals surface area contributed by atoms with Crippen LogP contribution in [0.25, 0.3) is 11.0 Å². The highest BCUT2D eigenvalue weighted by Crippen LogP contribution is 2.55. The summed E-state index contributed by atoms with van der Waals surface area (Å²) in [5.74, 6) is 1.38. The van der Waals surface area contributed by atoms with E-state index in [1.54, 1.807) is 0 Å². The lowest BCUT2D eigenvalue weighted by molar-refractivity contribution is -0.0835. The lowest BCUT2D eigenvalue weighted by atomic mass is 9.57. The van der Waals surface area contributed by atoms with Gasteiger partial charge >= 0.3 is 0 Å². The summed E-state index contributed by atoms with van der Waals surface area (Å²) in [6, 6.07) is 10.2. The SMILES string of the molecule is CCC1(C)C(O)CC1c1cc2ccccc2o1. The Morgan fingerprint density at radius 3 is 2.82 bits per heavy atom. The lowest BCUT2D eigenvalue weighted by Crippen LogP contribution is -2.48. The van der Waals surface area contributed by atoms with Crippen LogP contribution in [0, 0.1) is 5.41 Å². The van der Waals surface area contributed by atoms with Crippen LogP contribution in [0.1, 0.15) is 38.4 Å². The zero-order chi connectivity index (χ0) is 12.0. The first kappa shape index (κ1) is 10.8. The standard InChI is InChI=1S/C15H18O2/c1-3-15(2)11(9-14(15)16)13-8-10-6-4-5-7-12(10)17-13/h4-8,11,14,16H,3,9H2,1-2H3. The zero-order valence-corrected chi connectivity index (χ0v) is 10.3. The van der Waals surface area contributed by atoms with Crippen molar-refractivity contribution in [1.29, 1.82) is 0 Å². The fourth-order valence-electron chi connectivity index (χ4n) is 2.93. The summed E-state index contributed by atoms with van der Waals surface area (Å²) < 4.78 is 5.91. The van der Waals surface area contributed by atoms with E-state index in [1.165, 1.54) is 0 Å². The molecule has 1 aromatic heterocycles. The third-order valence-corrected chi connectivity index (χ3v) is 4.57. The van der Waals surface area contributed by atoms with Crippen LogP contribution in [-0.2, 0) is 0 Å². The molecule has 1 N–H and O–H groups in total. The fourth-order valence-corrected chi connectivity index (χ4v) is 2.93. The molecular formula is C15H18O2. The molecule has 0 aliphatic heterocycles. The first-order valence-electron chi connectivity index (χ1n) is 6.31. The number of hydrogen-bond acceptors (Lipinski definition) is 2. The van der Waals surface area contributed by atoms with Gasteiger partial charge in [0.1, 0.15) is 11.3 Å². The highest BCUT2D eigenvalue weighted by Gasteiger charge is 2.51. The van der Waals surface area contributed by atoms with Gasteiger partial charge in [-0.3, -0.25) is 0 Å². The van der Waals surface area contributed by atoms with Gasteiger partial charge in [0, 0.05) is 16.7 Å². The van der Waals surface area contributed by atoms with Crippen molar-refractivity contribution in [3.05, 3.63) is 36.1 Å². The Bertz CT molecular complexity index is 510. The molecule has 3 unspecified atom stereocenters. The zero-order valence-electron chi connectivity index (χ0n) is 10.3. The number of fused-ring (bicyclic) bond motifs is 1.